The molecule has 26 heavy (non-hydrogen) atoms. The van der Waals surface area contributed by atoms with Gasteiger partial charge >= 0.3 is 5.97 Å². The number of benzene rings is 1. The lowest BCUT2D eigenvalue weighted by molar-refractivity contribution is -0.149. The van der Waals surface area contributed by atoms with Gasteiger partial charge in [-0.25, -0.2) is 0 Å². The maximum atomic E-state index is 13.0. The Balaban J connectivity index is 1.29. The summed E-state index contributed by atoms with van der Waals surface area (Å²) in [5, 5.41) is 9.71. The SMILES string of the molecule is O=C(C1CC1c1ccc2c(c1)OCCO2)N1C[C@@H]2CCC[C@@]2(C(=O)O)C1. The Labute approximate surface area is 152 Å². The van der Waals surface area contributed by atoms with Gasteiger partial charge < -0.3 is 19.5 Å². The molecule has 138 valence electrons. The third kappa shape index (κ3) is 2.31. The van der Waals surface area contributed by atoms with Crippen LogP contribution in [0, 0.1) is 17.3 Å². The highest BCUT2D eigenvalue weighted by molar-refractivity contribution is 5.85. The molecule has 1 aromatic carbocycles. The number of amides is 1. The molecular formula is C20H23NO5. The van der Waals surface area contributed by atoms with Gasteiger partial charge in [-0.1, -0.05) is 12.5 Å². The fourth-order valence-electron chi connectivity index (χ4n) is 5.17. The lowest BCUT2D eigenvalue weighted by atomic mass is 9.81. The minimum Gasteiger partial charge on any atom is -0.486 e. The van der Waals surface area contributed by atoms with E-state index in [1.807, 2.05) is 23.1 Å². The van der Waals surface area contributed by atoms with Crippen LogP contribution in [-0.2, 0) is 9.59 Å². The summed E-state index contributed by atoms with van der Waals surface area (Å²) < 4.78 is 11.2. The van der Waals surface area contributed by atoms with Crippen LogP contribution in [-0.4, -0.2) is 48.2 Å². The molecule has 2 aliphatic carbocycles. The smallest absolute Gasteiger partial charge is 0.311 e. The van der Waals surface area contributed by atoms with E-state index in [-0.39, 0.29) is 23.7 Å². The number of hydrogen-bond donors (Lipinski definition) is 1. The second-order valence-corrected chi connectivity index (χ2v) is 8.12. The van der Waals surface area contributed by atoms with Gasteiger partial charge in [0.25, 0.3) is 0 Å². The lowest BCUT2D eigenvalue weighted by Gasteiger charge is -2.23. The van der Waals surface area contributed by atoms with Gasteiger partial charge in [-0.3, -0.25) is 9.59 Å². The van der Waals surface area contributed by atoms with Gasteiger partial charge in [0.2, 0.25) is 5.91 Å². The fourth-order valence-corrected chi connectivity index (χ4v) is 5.17. The molecule has 0 aromatic heterocycles. The summed E-state index contributed by atoms with van der Waals surface area (Å²) in [6.07, 6.45) is 3.42. The Hall–Kier alpha value is -2.24. The van der Waals surface area contributed by atoms with Crippen molar-refractivity contribution in [1.29, 1.82) is 0 Å². The molecule has 2 saturated carbocycles. The van der Waals surface area contributed by atoms with Crippen LogP contribution < -0.4 is 9.47 Å². The standard InChI is InChI=1S/C20H23NO5/c22-18(21-10-13-2-1-5-20(13,11-21)19(23)24)15-9-14(15)12-3-4-16-17(8-12)26-7-6-25-16/h3-4,8,13-15H,1-2,5-7,9-11H2,(H,23,24)/t13-,14?,15?,20+/m0/s1. The zero-order valence-electron chi connectivity index (χ0n) is 14.6. The van der Waals surface area contributed by atoms with Crippen molar-refractivity contribution >= 4 is 11.9 Å². The highest BCUT2D eigenvalue weighted by Crippen LogP contribution is 2.53. The van der Waals surface area contributed by atoms with Crippen molar-refractivity contribution in [2.24, 2.45) is 17.3 Å². The first kappa shape index (κ1) is 16.0. The molecule has 2 unspecified atom stereocenters. The number of rotatable bonds is 3. The average molecular weight is 357 g/mol. The minimum atomic E-state index is -0.727. The summed E-state index contributed by atoms with van der Waals surface area (Å²) in [5.41, 5.74) is 0.414. The highest BCUT2D eigenvalue weighted by atomic mass is 16.6. The van der Waals surface area contributed by atoms with Crippen molar-refractivity contribution in [2.45, 2.75) is 31.6 Å². The zero-order valence-corrected chi connectivity index (χ0v) is 14.6. The monoisotopic (exact) mass is 357 g/mol. The van der Waals surface area contributed by atoms with E-state index >= 15 is 0 Å². The van der Waals surface area contributed by atoms with Crippen LogP contribution >= 0.6 is 0 Å². The number of nitrogens with zero attached hydrogens (tertiary/aromatic N) is 1. The van der Waals surface area contributed by atoms with Crippen LogP contribution in [0.15, 0.2) is 18.2 Å². The molecule has 0 radical (unpaired) electrons. The van der Waals surface area contributed by atoms with Crippen LogP contribution in [0.4, 0.5) is 0 Å². The second kappa shape index (κ2) is 5.63. The summed E-state index contributed by atoms with van der Waals surface area (Å²) in [6.45, 7) is 2.11. The zero-order chi connectivity index (χ0) is 17.9. The number of carboxylic acids is 1. The van der Waals surface area contributed by atoms with Crippen LogP contribution in [0.3, 0.4) is 0 Å². The Bertz CT molecular complexity index is 777. The van der Waals surface area contributed by atoms with E-state index in [2.05, 4.69) is 0 Å². The normalized spacial score (nSPS) is 34.5. The summed E-state index contributed by atoms with van der Waals surface area (Å²) >= 11 is 0. The van der Waals surface area contributed by atoms with Crippen molar-refractivity contribution in [3.63, 3.8) is 0 Å². The molecule has 0 bridgehead atoms. The highest BCUT2D eigenvalue weighted by Gasteiger charge is 2.58. The van der Waals surface area contributed by atoms with E-state index in [4.69, 9.17) is 9.47 Å². The molecule has 4 aliphatic rings. The fraction of sp³-hybridized carbons (Fsp3) is 0.600. The van der Waals surface area contributed by atoms with Crippen molar-refractivity contribution in [2.75, 3.05) is 26.3 Å². The molecule has 6 nitrogen and oxygen atoms in total. The van der Waals surface area contributed by atoms with Crippen LogP contribution in [0.25, 0.3) is 0 Å². The first-order valence-corrected chi connectivity index (χ1v) is 9.50. The topological polar surface area (TPSA) is 76.1 Å². The molecule has 6 heteroatoms. The third-order valence-corrected chi connectivity index (χ3v) is 6.71. The Morgan fingerprint density at radius 3 is 2.77 bits per heavy atom. The van der Waals surface area contributed by atoms with E-state index in [1.54, 1.807) is 0 Å². The second-order valence-electron chi connectivity index (χ2n) is 8.12. The predicted octanol–water partition coefficient (Wildman–Crippen LogP) is 2.27. The van der Waals surface area contributed by atoms with Gasteiger partial charge in [0.1, 0.15) is 13.2 Å². The van der Waals surface area contributed by atoms with E-state index in [9.17, 15) is 14.7 Å². The third-order valence-electron chi connectivity index (χ3n) is 6.71. The van der Waals surface area contributed by atoms with Gasteiger partial charge in [0.15, 0.2) is 11.5 Å². The Morgan fingerprint density at radius 1 is 1.19 bits per heavy atom. The van der Waals surface area contributed by atoms with Crippen molar-refractivity contribution < 1.29 is 24.2 Å². The summed E-state index contributed by atoms with van der Waals surface area (Å²) in [5.74, 6) is 1.22. The molecule has 0 spiro atoms. The number of ether oxygens (including phenoxy) is 2. The Kier molecular flexibility index (Phi) is 3.46. The molecule has 1 amide bonds. The molecule has 2 heterocycles. The van der Waals surface area contributed by atoms with Crippen molar-refractivity contribution in [3.05, 3.63) is 23.8 Å². The van der Waals surface area contributed by atoms with Gasteiger partial charge in [-0.05, 0) is 48.8 Å². The quantitative estimate of drug-likeness (QED) is 0.898. The van der Waals surface area contributed by atoms with Gasteiger partial charge in [0, 0.05) is 19.0 Å². The largest absolute Gasteiger partial charge is 0.486 e. The van der Waals surface area contributed by atoms with Crippen molar-refractivity contribution in [1.82, 2.24) is 4.90 Å². The van der Waals surface area contributed by atoms with E-state index < -0.39 is 11.4 Å². The number of carbonyl (C=O) groups excluding carboxylic acids is 1. The number of likely N-dealkylation sites (tertiary alicyclic amines) is 1. The molecule has 5 rings (SSSR count). The average Bonchev–Trinajstić information content (AvgIpc) is 3.20. The molecule has 1 saturated heterocycles. The van der Waals surface area contributed by atoms with Gasteiger partial charge in [0.05, 0.1) is 5.41 Å². The van der Waals surface area contributed by atoms with Crippen LogP contribution in [0.2, 0.25) is 0 Å². The summed E-state index contributed by atoms with van der Waals surface area (Å²) in [6, 6.07) is 5.93. The van der Waals surface area contributed by atoms with E-state index in [0.717, 1.165) is 36.3 Å². The Morgan fingerprint density at radius 2 is 2.00 bits per heavy atom. The maximum absolute atomic E-state index is 13.0. The number of carbonyl (C=O) groups is 2. The summed E-state index contributed by atoms with van der Waals surface area (Å²) in [7, 11) is 0. The maximum Gasteiger partial charge on any atom is 0.311 e. The van der Waals surface area contributed by atoms with E-state index in [0.29, 0.717) is 32.7 Å². The molecule has 4 atom stereocenters. The van der Waals surface area contributed by atoms with Crippen LogP contribution in [0.1, 0.15) is 37.2 Å². The van der Waals surface area contributed by atoms with Crippen LogP contribution in [0.5, 0.6) is 11.5 Å². The number of fused-ring (bicyclic) bond motifs is 2. The number of carboxylic acid groups (broad SMARTS) is 1. The number of hydrogen-bond acceptors (Lipinski definition) is 4. The van der Waals surface area contributed by atoms with Crippen molar-refractivity contribution in [3.8, 4) is 11.5 Å². The summed E-state index contributed by atoms with van der Waals surface area (Å²) in [4.78, 5) is 26.6. The molecule has 1 aromatic rings. The first-order chi connectivity index (χ1) is 12.6. The molecule has 2 aliphatic heterocycles. The molecule has 1 N–H and O–H groups in total. The number of aliphatic carboxylic acids is 1. The van der Waals surface area contributed by atoms with Gasteiger partial charge in [-0.15, -0.1) is 0 Å². The molecule has 3 fully saturated rings. The van der Waals surface area contributed by atoms with E-state index in [1.165, 1.54) is 0 Å². The lowest BCUT2D eigenvalue weighted by Crippen LogP contribution is -2.37. The predicted molar refractivity (Wildman–Crippen MR) is 92.3 cm³/mol. The first-order valence-electron chi connectivity index (χ1n) is 9.50. The van der Waals surface area contributed by atoms with Gasteiger partial charge in [-0.2, -0.15) is 0 Å². The minimum absolute atomic E-state index is 0.0257. The molecular weight excluding hydrogens is 334 g/mol.